The number of carbonyl (C=O) groups excluding carboxylic acids is 1. The Morgan fingerprint density at radius 2 is 2.00 bits per heavy atom. The van der Waals surface area contributed by atoms with E-state index in [1.54, 1.807) is 20.0 Å². The Morgan fingerprint density at radius 3 is 2.52 bits per heavy atom. The van der Waals surface area contributed by atoms with Crippen LogP contribution in [0.2, 0.25) is 0 Å². The van der Waals surface area contributed by atoms with Crippen LogP contribution in [0.25, 0.3) is 0 Å². The van der Waals surface area contributed by atoms with Crippen LogP contribution < -0.4 is 5.32 Å². The van der Waals surface area contributed by atoms with Crippen LogP contribution in [0.5, 0.6) is 0 Å². The van der Waals surface area contributed by atoms with Gasteiger partial charge in [0.15, 0.2) is 0 Å². The average molecular weight is 455 g/mol. The summed E-state index contributed by atoms with van der Waals surface area (Å²) >= 11 is 0. The molecule has 0 heterocycles. The number of hydrogen-bond donors (Lipinski definition) is 2. The van der Waals surface area contributed by atoms with Gasteiger partial charge in [0.1, 0.15) is 5.82 Å². The van der Waals surface area contributed by atoms with E-state index >= 15 is 0 Å². The molecule has 0 radical (unpaired) electrons. The van der Waals surface area contributed by atoms with Crippen LogP contribution in [-0.4, -0.2) is 35.7 Å². The normalized spacial score (nSPS) is 25.9. The predicted molar refractivity (Wildman–Crippen MR) is 131 cm³/mol. The molecular weight excluding hydrogens is 415 g/mol. The molecule has 0 bridgehead atoms. The molecule has 6 heteroatoms. The maximum Gasteiger partial charge on any atom is 0.231 e. The molecule has 4 unspecified atom stereocenters. The Labute approximate surface area is 198 Å². The standard InChI is InChI=1S/C27H39FN4O/c1-7-27(15-29)13-17(4)12-20(14-27)32(16(2)3)26(33)18(5)25(30)24-22(31-6)11-10-21(28)23(24)19-8-9-19/h10-11,16-20,30-31H,7-9,12-14H2,1-6H3. The Hall–Kier alpha value is -2.42. The number of nitrogens with zero attached hydrogens (tertiary/aromatic N) is 2. The third-order valence-electron chi connectivity index (χ3n) is 7.68. The van der Waals surface area contributed by atoms with Crippen molar-refractivity contribution in [3.63, 3.8) is 0 Å². The van der Waals surface area contributed by atoms with E-state index in [4.69, 9.17) is 5.41 Å². The van der Waals surface area contributed by atoms with Crippen LogP contribution >= 0.6 is 0 Å². The highest BCUT2D eigenvalue weighted by molar-refractivity contribution is 6.14. The lowest BCUT2D eigenvalue weighted by Gasteiger charge is -2.46. The summed E-state index contributed by atoms with van der Waals surface area (Å²) in [6.07, 6.45) is 5.00. The second-order valence-electron chi connectivity index (χ2n) is 10.5. The zero-order valence-corrected chi connectivity index (χ0v) is 21.0. The number of carbonyl (C=O) groups is 1. The number of nitrogens with one attached hydrogen (secondary N) is 2. The molecule has 2 saturated carbocycles. The summed E-state index contributed by atoms with van der Waals surface area (Å²) in [5.74, 6) is -0.622. The smallest absolute Gasteiger partial charge is 0.231 e. The minimum atomic E-state index is -0.700. The number of halogens is 1. The van der Waals surface area contributed by atoms with Crippen molar-refractivity contribution >= 4 is 17.3 Å². The van der Waals surface area contributed by atoms with Gasteiger partial charge in [-0.25, -0.2) is 4.39 Å². The summed E-state index contributed by atoms with van der Waals surface area (Å²) in [5, 5.41) is 22.0. The van der Waals surface area contributed by atoms with Crippen molar-refractivity contribution in [2.45, 2.75) is 91.1 Å². The molecule has 0 aliphatic heterocycles. The summed E-state index contributed by atoms with van der Waals surface area (Å²) < 4.78 is 14.8. The lowest BCUT2D eigenvalue weighted by atomic mass is 9.67. The first-order valence-electron chi connectivity index (χ1n) is 12.4. The fraction of sp³-hybridized carbons (Fsp3) is 0.667. The second-order valence-corrected chi connectivity index (χ2v) is 10.5. The van der Waals surface area contributed by atoms with Gasteiger partial charge in [-0.1, -0.05) is 13.8 Å². The number of anilines is 1. The zero-order chi connectivity index (χ0) is 24.5. The molecule has 2 aliphatic rings. The van der Waals surface area contributed by atoms with Gasteiger partial charge in [-0.2, -0.15) is 5.26 Å². The maximum atomic E-state index is 14.8. The molecule has 0 spiro atoms. The lowest BCUT2D eigenvalue weighted by molar-refractivity contribution is -0.139. The summed E-state index contributed by atoms with van der Waals surface area (Å²) in [6, 6.07) is 5.60. The fourth-order valence-corrected chi connectivity index (χ4v) is 5.79. The van der Waals surface area contributed by atoms with E-state index in [1.165, 1.54) is 6.07 Å². The van der Waals surface area contributed by atoms with Crippen LogP contribution in [0.1, 0.15) is 90.2 Å². The van der Waals surface area contributed by atoms with Crippen molar-refractivity contribution in [2.24, 2.45) is 17.3 Å². The first kappa shape index (κ1) is 25.2. The van der Waals surface area contributed by atoms with E-state index in [-0.39, 0.29) is 35.4 Å². The van der Waals surface area contributed by atoms with Crippen molar-refractivity contribution in [1.29, 1.82) is 10.7 Å². The monoisotopic (exact) mass is 454 g/mol. The highest BCUT2D eigenvalue weighted by Crippen LogP contribution is 2.46. The minimum Gasteiger partial charge on any atom is -0.388 e. The molecule has 5 nitrogen and oxygen atoms in total. The van der Waals surface area contributed by atoms with Gasteiger partial charge >= 0.3 is 0 Å². The van der Waals surface area contributed by atoms with Crippen LogP contribution in [0.3, 0.4) is 0 Å². The quantitative estimate of drug-likeness (QED) is 0.466. The Bertz CT molecular complexity index is 948. The van der Waals surface area contributed by atoms with Gasteiger partial charge in [-0.05, 0) is 83.3 Å². The van der Waals surface area contributed by atoms with Gasteiger partial charge < -0.3 is 15.6 Å². The van der Waals surface area contributed by atoms with Crippen LogP contribution in [0.4, 0.5) is 10.1 Å². The van der Waals surface area contributed by atoms with Crippen LogP contribution in [-0.2, 0) is 4.79 Å². The maximum absolute atomic E-state index is 14.8. The molecular formula is C27H39FN4O. The molecule has 33 heavy (non-hydrogen) atoms. The Balaban J connectivity index is 1.94. The molecule has 180 valence electrons. The molecule has 2 fully saturated rings. The van der Waals surface area contributed by atoms with E-state index in [1.807, 2.05) is 18.7 Å². The van der Waals surface area contributed by atoms with Gasteiger partial charge in [-0.3, -0.25) is 4.79 Å². The lowest BCUT2D eigenvalue weighted by Crippen LogP contribution is -2.52. The van der Waals surface area contributed by atoms with Gasteiger partial charge in [0, 0.05) is 35.9 Å². The second kappa shape index (κ2) is 9.83. The summed E-state index contributed by atoms with van der Waals surface area (Å²) in [6.45, 7) is 10.00. The number of benzene rings is 1. The number of amides is 1. The van der Waals surface area contributed by atoms with Crippen molar-refractivity contribution in [3.05, 3.63) is 29.1 Å². The number of nitriles is 1. The molecule has 1 aromatic rings. The summed E-state index contributed by atoms with van der Waals surface area (Å²) in [5.41, 5.74) is 1.57. The van der Waals surface area contributed by atoms with Crippen molar-refractivity contribution < 1.29 is 9.18 Å². The van der Waals surface area contributed by atoms with Crippen molar-refractivity contribution in [2.75, 3.05) is 12.4 Å². The molecule has 0 aromatic heterocycles. The van der Waals surface area contributed by atoms with Crippen molar-refractivity contribution in [1.82, 2.24) is 4.90 Å². The van der Waals surface area contributed by atoms with Crippen LogP contribution in [0.15, 0.2) is 12.1 Å². The molecule has 1 aromatic carbocycles. The number of rotatable bonds is 8. The van der Waals surface area contributed by atoms with E-state index in [0.29, 0.717) is 29.2 Å². The highest BCUT2D eigenvalue weighted by Gasteiger charge is 2.43. The van der Waals surface area contributed by atoms with Gasteiger partial charge in [0.25, 0.3) is 0 Å². The molecule has 2 aliphatic carbocycles. The Morgan fingerprint density at radius 1 is 1.33 bits per heavy atom. The SMILES string of the molecule is CCC1(C#N)CC(C)CC(N(C(=O)C(C)C(=N)c2c(NC)ccc(F)c2C2CC2)C(C)C)C1. The first-order chi connectivity index (χ1) is 15.6. The van der Waals surface area contributed by atoms with E-state index in [0.717, 1.165) is 32.1 Å². The van der Waals surface area contributed by atoms with E-state index in [9.17, 15) is 14.4 Å². The third kappa shape index (κ3) is 4.93. The van der Waals surface area contributed by atoms with Gasteiger partial charge in [0.05, 0.1) is 23.1 Å². The average Bonchev–Trinajstić information content (AvgIpc) is 3.62. The molecule has 4 atom stereocenters. The number of hydrogen-bond acceptors (Lipinski definition) is 4. The molecule has 3 rings (SSSR count). The first-order valence-corrected chi connectivity index (χ1v) is 12.4. The predicted octanol–water partition coefficient (Wildman–Crippen LogP) is 6.09. The van der Waals surface area contributed by atoms with Crippen LogP contribution in [0, 0.1) is 39.8 Å². The molecule has 1 amide bonds. The van der Waals surface area contributed by atoms with E-state index < -0.39 is 11.3 Å². The third-order valence-corrected chi connectivity index (χ3v) is 7.68. The fourth-order valence-electron chi connectivity index (χ4n) is 5.79. The molecule has 2 N–H and O–H groups in total. The van der Waals surface area contributed by atoms with Crippen molar-refractivity contribution in [3.8, 4) is 6.07 Å². The zero-order valence-electron chi connectivity index (χ0n) is 21.0. The van der Waals surface area contributed by atoms with E-state index in [2.05, 4.69) is 25.2 Å². The summed E-state index contributed by atoms with van der Waals surface area (Å²) in [7, 11) is 1.77. The Kier molecular flexibility index (Phi) is 7.51. The van der Waals surface area contributed by atoms with Gasteiger partial charge in [-0.15, -0.1) is 0 Å². The summed E-state index contributed by atoms with van der Waals surface area (Å²) in [4.78, 5) is 15.8. The topological polar surface area (TPSA) is 80.0 Å². The molecule has 0 saturated heterocycles. The minimum absolute atomic E-state index is 0.0321. The largest absolute Gasteiger partial charge is 0.388 e. The highest BCUT2D eigenvalue weighted by atomic mass is 19.1. The van der Waals surface area contributed by atoms with Gasteiger partial charge in [0.2, 0.25) is 5.91 Å².